The van der Waals surface area contributed by atoms with E-state index < -0.39 is 0 Å². The van der Waals surface area contributed by atoms with E-state index in [1.165, 1.54) is 59.9 Å². The Morgan fingerprint density at radius 1 is 0.641 bits per heavy atom. The first-order chi connectivity index (χ1) is 19.1. The molecule has 0 spiro atoms. The number of nitrogens with zero attached hydrogens (tertiary/aromatic N) is 1. The minimum absolute atomic E-state index is 0.254. The molecule has 4 aromatic rings. The zero-order chi connectivity index (χ0) is 26.8. The first kappa shape index (κ1) is 25.1. The predicted molar refractivity (Wildman–Crippen MR) is 165 cm³/mol. The summed E-state index contributed by atoms with van der Waals surface area (Å²) in [5, 5.41) is 5.49. The first-order valence-corrected chi connectivity index (χ1v) is 14.1. The fraction of sp³-hybridized carbons (Fsp3) is 0.184. The highest BCUT2D eigenvalue weighted by molar-refractivity contribution is 5.90. The Morgan fingerprint density at radius 2 is 1.33 bits per heavy atom. The van der Waals surface area contributed by atoms with Gasteiger partial charge in [-0.05, 0) is 106 Å². The molecule has 6 rings (SSSR count). The number of aryl methyl sites for hydroxylation is 1. The van der Waals surface area contributed by atoms with Crippen LogP contribution in [0.25, 0.3) is 33.4 Å². The Balaban J connectivity index is 1.71. The van der Waals surface area contributed by atoms with E-state index in [1.807, 2.05) is 6.20 Å². The Kier molecular flexibility index (Phi) is 6.99. The van der Waals surface area contributed by atoms with Crippen molar-refractivity contribution >= 4 is 22.3 Å². The molecular formula is C38H35N. The number of allylic oxidation sites excluding steroid dienone is 4. The molecule has 39 heavy (non-hydrogen) atoms. The van der Waals surface area contributed by atoms with Crippen LogP contribution in [0.1, 0.15) is 44.4 Å². The molecule has 2 aliphatic rings. The van der Waals surface area contributed by atoms with Crippen LogP contribution in [-0.4, -0.2) is 4.98 Å². The molecule has 0 bridgehead atoms. The summed E-state index contributed by atoms with van der Waals surface area (Å²) in [5.41, 5.74) is 10.5. The molecule has 0 radical (unpaired) electrons. The summed E-state index contributed by atoms with van der Waals surface area (Å²) in [6.07, 6.45) is 14.1. The molecule has 0 saturated heterocycles. The van der Waals surface area contributed by atoms with Crippen LogP contribution in [-0.2, 0) is 0 Å². The van der Waals surface area contributed by atoms with Gasteiger partial charge in [0, 0.05) is 17.8 Å². The molecule has 2 aliphatic carbocycles. The quantitative estimate of drug-likeness (QED) is 0.315. The predicted octanol–water partition coefficient (Wildman–Crippen LogP) is 6.37. The highest BCUT2D eigenvalue weighted by Crippen LogP contribution is 2.29. The number of fused-ring (bicyclic) bond motifs is 2. The van der Waals surface area contributed by atoms with Crippen molar-refractivity contribution in [2.45, 2.75) is 40.0 Å². The van der Waals surface area contributed by atoms with Gasteiger partial charge in [-0.2, -0.15) is 0 Å². The standard InChI is InChI=1S/C38H35N/c1-26-20-21-36(33-17-8-7-15-32(26)33)34-16-6-4-5-12-27(2)38(37-19-10-9-18-35(34)37)31-14-11-13-29(25-31)30-22-23-39-28(3)24-30/h4-15,17-19,22-25,27H,16,20-21H2,1-3H3/b6-4-,12-5-,35-34+,38-37+. The van der Waals surface area contributed by atoms with Crippen molar-refractivity contribution in [1.82, 2.24) is 4.98 Å². The lowest BCUT2D eigenvalue weighted by Gasteiger charge is -2.20. The van der Waals surface area contributed by atoms with E-state index in [-0.39, 0.29) is 5.92 Å². The van der Waals surface area contributed by atoms with Gasteiger partial charge in [-0.15, -0.1) is 0 Å². The molecule has 1 aromatic heterocycles. The molecule has 3 aromatic carbocycles. The number of benzene rings is 3. The third-order valence-corrected chi connectivity index (χ3v) is 8.20. The number of rotatable bonds is 3. The van der Waals surface area contributed by atoms with Gasteiger partial charge in [0.15, 0.2) is 0 Å². The van der Waals surface area contributed by atoms with Crippen LogP contribution in [0.15, 0.2) is 115 Å². The van der Waals surface area contributed by atoms with Gasteiger partial charge in [0.05, 0.1) is 0 Å². The minimum atomic E-state index is 0.254. The molecule has 0 amide bonds. The smallest absolute Gasteiger partial charge is 0.0378 e. The fourth-order valence-electron chi connectivity index (χ4n) is 6.24. The van der Waals surface area contributed by atoms with Crippen molar-refractivity contribution < 1.29 is 0 Å². The lowest BCUT2D eigenvalue weighted by atomic mass is 9.84. The molecule has 0 aliphatic heterocycles. The van der Waals surface area contributed by atoms with Gasteiger partial charge in [-0.1, -0.05) is 104 Å². The Labute approximate surface area is 231 Å². The SMILES string of the molecule is CC1=c2ccccc2=C(/C2=c3\cccc\c3=C(/c3cccc(-c4ccnc(C)c4)c3)C(C)/C=C\C=C/C2)CC1. The number of pyridine rings is 1. The summed E-state index contributed by atoms with van der Waals surface area (Å²) < 4.78 is 0. The normalized spacial score (nSPS) is 21.6. The molecule has 1 unspecified atom stereocenters. The van der Waals surface area contributed by atoms with Gasteiger partial charge in [0.2, 0.25) is 0 Å². The lowest BCUT2D eigenvalue weighted by molar-refractivity contribution is 0.953. The molecule has 0 N–H and O–H groups in total. The van der Waals surface area contributed by atoms with Gasteiger partial charge >= 0.3 is 0 Å². The largest absolute Gasteiger partial charge is 0.262 e. The van der Waals surface area contributed by atoms with Gasteiger partial charge in [-0.3, -0.25) is 4.98 Å². The Hall–Kier alpha value is -4.23. The van der Waals surface area contributed by atoms with Crippen molar-refractivity contribution in [2.24, 2.45) is 5.92 Å². The van der Waals surface area contributed by atoms with Crippen LogP contribution in [0, 0.1) is 12.8 Å². The number of aromatic nitrogens is 1. The van der Waals surface area contributed by atoms with Crippen LogP contribution >= 0.6 is 0 Å². The summed E-state index contributed by atoms with van der Waals surface area (Å²) in [4.78, 5) is 4.41. The molecule has 1 atom stereocenters. The molecule has 1 heteroatoms. The van der Waals surface area contributed by atoms with E-state index in [1.54, 1.807) is 0 Å². The van der Waals surface area contributed by atoms with Gasteiger partial charge in [0.25, 0.3) is 0 Å². The van der Waals surface area contributed by atoms with Crippen LogP contribution in [0.2, 0.25) is 0 Å². The van der Waals surface area contributed by atoms with Gasteiger partial charge in [-0.25, -0.2) is 0 Å². The molecular weight excluding hydrogens is 470 g/mol. The first-order valence-electron chi connectivity index (χ1n) is 14.1. The molecule has 1 heterocycles. The summed E-state index contributed by atoms with van der Waals surface area (Å²) in [7, 11) is 0. The summed E-state index contributed by atoms with van der Waals surface area (Å²) >= 11 is 0. The second-order valence-corrected chi connectivity index (χ2v) is 10.8. The second kappa shape index (κ2) is 10.9. The van der Waals surface area contributed by atoms with Crippen molar-refractivity contribution in [3.05, 3.63) is 148 Å². The number of hydrogen-bond acceptors (Lipinski definition) is 1. The average molecular weight is 506 g/mol. The van der Waals surface area contributed by atoms with Crippen molar-refractivity contribution in [2.75, 3.05) is 0 Å². The fourth-order valence-corrected chi connectivity index (χ4v) is 6.24. The summed E-state index contributed by atoms with van der Waals surface area (Å²) in [6.45, 7) is 6.66. The third-order valence-electron chi connectivity index (χ3n) is 8.20. The number of hydrogen-bond donors (Lipinski definition) is 0. The van der Waals surface area contributed by atoms with Crippen molar-refractivity contribution in [1.29, 1.82) is 0 Å². The van der Waals surface area contributed by atoms with E-state index >= 15 is 0 Å². The third kappa shape index (κ3) is 4.98. The molecule has 0 fully saturated rings. The maximum Gasteiger partial charge on any atom is 0.0378 e. The zero-order valence-corrected chi connectivity index (χ0v) is 23.1. The van der Waals surface area contributed by atoms with E-state index in [4.69, 9.17) is 0 Å². The topological polar surface area (TPSA) is 12.9 Å². The van der Waals surface area contributed by atoms with E-state index in [2.05, 4.69) is 135 Å². The highest BCUT2D eigenvalue weighted by atomic mass is 14.6. The van der Waals surface area contributed by atoms with E-state index in [0.29, 0.717) is 0 Å². The maximum absolute atomic E-state index is 4.41. The van der Waals surface area contributed by atoms with Gasteiger partial charge in [0.1, 0.15) is 0 Å². The van der Waals surface area contributed by atoms with Crippen LogP contribution in [0.3, 0.4) is 0 Å². The summed E-state index contributed by atoms with van der Waals surface area (Å²) in [6, 6.07) is 31.3. The lowest BCUT2D eigenvalue weighted by Crippen LogP contribution is -2.36. The zero-order valence-electron chi connectivity index (χ0n) is 23.1. The van der Waals surface area contributed by atoms with Crippen LogP contribution in [0.5, 0.6) is 0 Å². The van der Waals surface area contributed by atoms with E-state index in [9.17, 15) is 0 Å². The van der Waals surface area contributed by atoms with E-state index in [0.717, 1.165) is 25.0 Å². The molecule has 0 saturated carbocycles. The second-order valence-electron chi connectivity index (χ2n) is 10.8. The molecule has 1 nitrogen and oxygen atoms in total. The van der Waals surface area contributed by atoms with Gasteiger partial charge < -0.3 is 0 Å². The maximum atomic E-state index is 4.41. The van der Waals surface area contributed by atoms with Crippen molar-refractivity contribution in [3.63, 3.8) is 0 Å². The highest BCUT2D eigenvalue weighted by Gasteiger charge is 2.16. The molecule has 192 valence electrons. The Morgan fingerprint density at radius 3 is 2.13 bits per heavy atom. The Bertz CT molecular complexity index is 1870. The average Bonchev–Trinajstić information content (AvgIpc) is 2.96. The van der Waals surface area contributed by atoms with Crippen LogP contribution < -0.4 is 20.9 Å². The summed E-state index contributed by atoms with van der Waals surface area (Å²) in [5.74, 6) is 0.254. The monoisotopic (exact) mass is 505 g/mol. The van der Waals surface area contributed by atoms with Crippen molar-refractivity contribution in [3.8, 4) is 11.1 Å². The van der Waals surface area contributed by atoms with Crippen LogP contribution in [0.4, 0.5) is 0 Å². The minimum Gasteiger partial charge on any atom is -0.262 e.